The highest BCUT2D eigenvalue weighted by Gasteiger charge is 2.26. The first-order valence-corrected chi connectivity index (χ1v) is 12.5. The van der Waals surface area contributed by atoms with E-state index in [9.17, 15) is 14.7 Å². The van der Waals surface area contributed by atoms with Crippen LogP contribution in [0.25, 0.3) is 0 Å². The molecule has 0 aliphatic carbocycles. The zero-order chi connectivity index (χ0) is 23.4. The molecule has 4 rings (SSSR count). The van der Waals surface area contributed by atoms with E-state index >= 15 is 0 Å². The summed E-state index contributed by atoms with van der Waals surface area (Å²) in [6, 6.07) is 5.19. The third-order valence-electron chi connectivity index (χ3n) is 5.92. The molecule has 2 aliphatic heterocycles. The van der Waals surface area contributed by atoms with Crippen LogP contribution in [-0.4, -0.2) is 88.5 Å². The van der Waals surface area contributed by atoms with Crippen molar-refractivity contribution in [3.05, 3.63) is 49.9 Å². The summed E-state index contributed by atoms with van der Waals surface area (Å²) in [6.07, 6.45) is 2.03. The van der Waals surface area contributed by atoms with Gasteiger partial charge in [0, 0.05) is 55.9 Å². The van der Waals surface area contributed by atoms with Gasteiger partial charge in [-0.2, -0.15) is 0 Å². The fourth-order valence-corrected chi connectivity index (χ4v) is 5.36. The van der Waals surface area contributed by atoms with Gasteiger partial charge >= 0.3 is 0 Å². The summed E-state index contributed by atoms with van der Waals surface area (Å²) in [4.78, 5) is 36.1. The maximum Gasteiger partial charge on any atom is 0.263 e. The van der Waals surface area contributed by atoms with Crippen LogP contribution in [-0.2, 0) is 17.9 Å². The van der Waals surface area contributed by atoms with Gasteiger partial charge in [-0.25, -0.2) is 4.98 Å². The molecule has 0 bridgehead atoms. The Kier molecular flexibility index (Phi) is 8.21. The second kappa shape index (κ2) is 11.1. The van der Waals surface area contributed by atoms with Crippen LogP contribution in [0.3, 0.4) is 0 Å². The van der Waals surface area contributed by atoms with Crippen molar-refractivity contribution >= 4 is 46.4 Å². The average molecular weight is 512 g/mol. The van der Waals surface area contributed by atoms with Gasteiger partial charge in [0.2, 0.25) is 5.91 Å². The molecule has 0 saturated carbocycles. The molecule has 1 aromatic heterocycles. The molecule has 33 heavy (non-hydrogen) atoms. The van der Waals surface area contributed by atoms with Crippen LogP contribution in [0, 0.1) is 0 Å². The topological polar surface area (TPSA) is 89.0 Å². The summed E-state index contributed by atoms with van der Waals surface area (Å²) in [5, 5.41) is 14.4. The number of nitrogens with zero attached hydrogens (tertiary/aromatic N) is 4. The van der Waals surface area contributed by atoms with E-state index in [-0.39, 0.29) is 17.9 Å². The number of nitrogens with one attached hydrogen (secondary N) is 1. The van der Waals surface area contributed by atoms with Gasteiger partial charge < -0.3 is 15.3 Å². The minimum absolute atomic E-state index is 0.123. The van der Waals surface area contributed by atoms with E-state index in [0.717, 1.165) is 36.6 Å². The molecule has 2 N–H and O–H groups in total. The Morgan fingerprint density at radius 3 is 2.64 bits per heavy atom. The van der Waals surface area contributed by atoms with Gasteiger partial charge in [-0.05, 0) is 24.1 Å². The van der Waals surface area contributed by atoms with Crippen LogP contribution in [0.1, 0.15) is 26.7 Å². The molecular weight excluding hydrogens is 485 g/mol. The minimum atomic E-state index is -0.310. The molecule has 178 valence electrons. The predicted molar refractivity (Wildman–Crippen MR) is 129 cm³/mol. The molecular formula is C22H27Cl2N5O3S. The Labute approximate surface area is 207 Å². The Bertz CT molecular complexity index is 996. The molecule has 1 aromatic carbocycles. The van der Waals surface area contributed by atoms with Crippen molar-refractivity contribution in [1.82, 2.24) is 25.0 Å². The molecule has 2 fully saturated rings. The van der Waals surface area contributed by atoms with E-state index in [0.29, 0.717) is 54.2 Å². The molecule has 11 heteroatoms. The van der Waals surface area contributed by atoms with Crippen LogP contribution < -0.4 is 5.32 Å². The first-order valence-electron chi connectivity index (χ1n) is 10.9. The number of hydrogen-bond donors (Lipinski definition) is 2. The van der Waals surface area contributed by atoms with Crippen LogP contribution in [0.5, 0.6) is 0 Å². The fourth-order valence-electron chi connectivity index (χ4n) is 4.01. The molecule has 1 atom stereocenters. The van der Waals surface area contributed by atoms with E-state index in [1.54, 1.807) is 24.4 Å². The highest BCUT2D eigenvalue weighted by atomic mass is 35.5. The number of aliphatic hydroxyl groups is 1. The Hall–Kier alpha value is -1.75. The highest BCUT2D eigenvalue weighted by Crippen LogP contribution is 2.21. The summed E-state index contributed by atoms with van der Waals surface area (Å²) in [5.41, 5.74) is 0.799. The quantitative estimate of drug-likeness (QED) is 0.591. The third kappa shape index (κ3) is 6.65. The Balaban J connectivity index is 1.21. The Morgan fingerprint density at radius 2 is 1.94 bits per heavy atom. The number of benzene rings is 1. The zero-order valence-electron chi connectivity index (χ0n) is 18.2. The molecule has 0 radical (unpaired) electrons. The number of halogens is 2. The molecule has 2 amide bonds. The van der Waals surface area contributed by atoms with Crippen LogP contribution in [0.2, 0.25) is 10.0 Å². The van der Waals surface area contributed by atoms with Gasteiger partial charge in [-0.3, -0.25) is 19.4 Å². The summed E-state index contributed by atoms with van der Waals surface area (Å²) >= 11 is 13.4. The number of thiazole rings is 1. The summed E-state index contributed by atoms with van der Waals surface area (Å²) in [5.74, 6) is -0.0649. The van der Waals surface area contributed by atoms with E-state index in [1.165, 1.54) is 11.3 Å². The van der Waals surface area contributed by atoms with Gasteiger partial charge in [0.15, 0.2) is 0 Å². The predicted octanol–water partition coefficient (Wildman–Crippen LogP) is 2.09. The largest absolute Gasteiger partial charge is 0.392 e. The second-order valence-electron chi connectivity index (χ2n) is 8.37. The lowest BCUT2D eigenvalue weighted by atomic mass is 10.2. The SMILES string of the molecule is O=C(NCc1ccc(Cl)cc1Cl)c1cnc(CN2CCN(C(=O)CN3CCC(O)C3)CC2)s1. The van der Waals surface area contributed by atoms with Crippen molar-refractivity contribution in [2.45, 2.75) is 25.6 Å². The molecule has 0 spiro atoms. The minimum Gasteiger partial charge on any atom is -0.392 e. The van der Waals surface area contributed by atoms with Crippen LogP contribution in [0.15, 0.2) is 24.4 Å². The average Bonchev–Trinajstić information content (AvgIpc) is 3.42. The van der Waals surface area contributed by atoms with Gasteiger partial charge in [0.1, 0.15) is 9.88 Å². The van der Waals surface area contributed by atoms with E-state index in [4.69, 9.17) is 23.2 Å². The summed E-state index contributed by atoms with van der Waals surface area (Å²) in [6.45, 7) is 5.59. The molecule has 2 aliphatic rings. The smallest absolute Gasteiger partial charge is 0.263 e. The van der Waals surface area contributed by atoms with E-state index in [2.05, 4.69) is 15.2 Å². The van der Waals surface area contributed by atoms with Gasteiger partial charge in [-0.15, -0.1) is 11.3 Å². The number of carbonyl (C=O) groups is 2. The van der Waals surface area contributed by atoms with Crippen molar-refractivity contribution in [3.63, 3.8) is 0 Å². The maximum atomic E-state index is 12.5. The van der Waals surface area contributed by atoms with Crippen molar-refractivity contribution < 1.29 is 14.7 Å². The number of piperazine rings is 1. The molecule has 1 unspecified atom stereocenters. The summed E-state index contributed by atoms with van der Waals surface area (Å²) < 4.78 is 0. The number of carbonyl (C=O) groups excluding carboxylic acids is 2. The number of likely N-dealkylation sites (tertiary alicyclic amines) is 1. The number of β-amino-alcohol motifs (C(OH)–C–C–N with tert-alkyl or cyclic N) is 1. The standard InChI is InChI=1S/C22H27Cl2N5O3S/c23-16-2-1-15(18(24)9-16)10-26-22(32)19-11-25-20(33-19)13-27-5-7-29(8-6-27)21(31)14-28-4-3-17(30)12-28/h1-2,9,11,17,30H,3-8,10,12-14H2,(H,26,32). The summed E-state index contributed by atoms with van der Waals surface area (Å²) in [7, 11) is 0. The molecule has 2 aromatic rings. The van der Waals surface area contributed by atoms with Gasteiger partial charge in [0.05, 0.1) is 25.4 Å². The lowest BCUT2D eigenvalue weighted by molar-refractivity contribution is -0.134. The van der Waals surface area contributed by atoms with Crippen molar-refractivity contribution in [2.24, 2.45) is 0 Å². The fraction of sp³-hybridized carbons (Fsp3) is 0.500. The third-order valence-corrected chi connectivity index (χ3v) is 7.49. The highest BCUT2D eigenvalue weighted by molar-refractivity contribution is 7.13. The van der Waals surface area contributed by atoms with Gasteiger partial charge in [0.25, 0.3) is 5.91 Å². The van der Waals surface area contributed by atoms with E-state index in [1.807, 2.05) is 9.80 Å². The maximum absolute atomic E-state index is 12.5. The lowest BCUT2D eigenvalue weighted by Gasteiger charge is -2.35. The van der Waals surface area contributed by atoms with Gasteiger partial charge in [-0.1, -0.05) is 29.3 Å². The zero-order valence-corrected chi connectivity index (χ0v) is 20.5. The molecule has 3 heterocycles. The monoisotopic (exact) mass is 511 g/mol. The number of rotatable bonds is 7. The van der Waals surface area contributed by atoms with Crippen molar-refractivity contribution in [1.29, 1.82) is 0 Å². The first-order chi connectivity index (χ1) is 15.9. The first kappa shape index (κ1) is 24.4. The molecule has 8 nitrogen and oxygen atoms in total. The molecule has 2 saturated heterocycles. The number of aromatic nitrogens is 1. The normalized spacial score (nSPS) is 19.7. The number of amides is 2. The van der Waals surface area contributed by atoms with E-state index < -0.39 is 0 Å². The van der Waals surface area contributed by atoms with Crippen LogP contribution in [0.4, 0.5) is 0 Å². The lowest BCUT2D eigenvalue weighted by Crippen LogP contribution is -2.50. The second-order valence-corrected chi connectivity index (χ2v) is 10.3. The number of aliphatic hydroxyl groups excluding tert-OH is 1. The Morgan fingerprint density at radius 1 is 1.15 bits per heavy atom. The van der Waals surface area contributed by atoms with Crippen LogP contribution >= 0.6 is 34.5 Å². The van der Waals surface area contributed by atoms with Crippen molar-refractivity contribution in [3.8, 4) is 0 Å². The van der Waals surface area contributed by atoms with Crippen molar-refractivity contribution in [2.75, 3.05) is 45.8 Å². The number of hydrogen-bond acceptors (Lipinski definition) is 7.